The summed E-state index contributed by atoms with van der Waals surface area (Å²) in [5, 5.41) is 0. The quantitative estimate of drug-likeness (QED) is 0.906. The summed E-state index contributed by atoms with van der Waals surface area (Å²) in [6, 6.07) is 5.21. The standard InChI is InChI=1S/C15H21NO3/c1-18-10-7-8-14(19-2)12(9-10)15(16)11-5-3-4-6-13(11)17/h7-9,11,15H,3-6,16H2,1-2H3/t11-,15-/m0/s1. The van der Waals surface area contributed by atoms with Crippen LogP contribution in [-0.4, -0.2) is 20.0 Å². The molecule has 2 N–H and O–H groups in total. The van der Waals surface area contributed by atoms with Gasteiger partial charge in [-0.05, 0) is 31.0 Å². The number of carbonyl (C=O) groups is 1. The van der Waals surface area contributed by atoms with Gasteiger partial charge in [0.15, 0.2) is 0 Å². The second-order valence-electron chi connectivity index (χ2n) is 4.95. The molecule has 1 saturated carbocycles. The summed E-state index contributed by atoms with van der Waals surface area (Å²) in [6.07, 6.45) is 3.55. The van der Waals surface area contributed by atoms with Crippen molar-refractivity contribution in [3.63, 3.8) is 0 Å². The molecule has 1 aliphatic carbocycles. The molecule has 0 aliphatic heterocycles. The van der Waals surface area contributed by atoms with E-state index in [0.29, 0.717) is 12.2 Å². The Morgan fingerprint density at radius 3 is 2.68 bits per heavy atom. The van der Waals surface area contributed by atoms with E-state index in [4.69, 9.17) is 15.2 Å². The van der Waals surface area contributed by atoms with Gasteiger partial charge >= 0.3 is 0 Å². The molecule has 2 rings (SSSR count). The van der Waals surface area contributed by atoms with E-state index >= 15 is 0 Å². The van der Waals surface area contributed by atoms with Crippen molar-refractivity contribution in [2.24, 2.45) is 11.7 Å². The Bertz CT molecular complexity index is 459. The molecular formula is C15H21NO3. The third-order valence-corrected chi connectivity index (χ3v) is 3.83. The van der Waals surface area contributed by atoms with Crippen LogP contribution in [0.25, 0.3) is 0 Å². The van der Waals surface area contributed by atoms with Crippen LogP contribution in [-0.2, 0) is 4.79 Å². The number of rotatable bonds is 4. The first-order valence-electron chi connectivity index (χ1n) is 6.67. The average Bonchev–Trinajstić information content (AvgIpc) is 2.46. The minimum absolute atomic E-state index is 0.102. The van der Waals surface area contributed by atoms with E-state index in [1.807, 2.05) is 18.2 Å². The molecule has 19 heavy (non-hydrogen) atoms. The maximum Gasteiger partial charge on any atom is 0.137 e. The average molecular weight is 263 g/mol. The summed E-state index contributed by atoms with van der Waals surface area (Å²) in [7, 11) is 3.23. The molecule has 2 atom stereocenters. The highest BCUT2D eigenvalue weighted by Gasteiger charge is 2.30. The normalized spacial score (nSPS) is 21.0. The molecule has 0 amide bonds. The van der Waals surface area contributed by atoms with Crippen molar-refractivity contribution in [1.29, 1.82) is 0 Å². The summed E-state index contributed by atoms with van der Waals surface area (Å²) in [4.78, 5) is 12.0. The number of benzene rings is 1. The van der Waals surface area contributed by atoms with Crippen molar-refractivity contribution in [1.82, 2.24) is 0 Å². The van der Waals surface area contributed by atoms with Crippen LogP contribution in [0.5, 0.6) is 11.5 Å². The smallest absolute Gasteiger partial charge is 0.137 e. The van der Waals surface area contributed by atoms with Gasteiger partial charge in [0.2, 0.25) is 0 Å². The number of hydrogen-bond acceptors (Lipinski definition) is 4. The Morgan fingerprint density at radius 1 is 1.26 bits per heavy atom. The maximum absolute atomic E-state index is 12.0. The van der Waals surface area contributed by atoms with Crippen molar-refractivity contribution in [3.05, 3.63) is 23.8 Å². The molecule has 0 bridgehead atoms. The van der Waals surface area contributed by atoms with Crippen molar-refractivity contribution in [2.75, 3.05) is 14.2 Å². The lowest BCUT2D eigenvalue weighted by Crippen LogP contribution is -2.31. The Morgan fingerprint density at radius 2 is 2.05 bits per heavy atom. The van der Waals surface area contributed by atoms with Crippen LogP contribution in [0.3, 0.4) is 0 Å². The van der Waals surface area contributed by atoms with Gasteiger partial charge < -0.3 is 15.2 Å². The topological polar surface area (TPSA) is 61.6 Å². The molecule has 4 heteroatoms. The Labute approximate surface area is 113 Å². The lowest BCUT2D eigenvalue weighted by atomic mass is 9.80. The van der Waals surface area contributed by atoms with Crippen LogP contribution in [0.15, 0.2) is 18.2 Å². The van der Waals surface area contributed by atoms with Gasteiger partial charge in [0, 0.05) is 23.9 Å². The van der Waals surface area contributed by atoms with E-state index in [1.54, 1.807) is 14.2 Å². The Hall–Kier alpha value is -1.55. The van der Waals surface area contributed by atoms with Crippen molar-refractivity contribution in [3.8, 4) is 11.5 Å². The lowest BCUT2D eigenvalue weighted by Gasteiger charge is -2.27. The number of nitrogens with two attached hydrogens (primary N) is 1. The molecule has 0 radical (unpaired) electrons. The van der Waals surface area contributed by atoms with Gasteiger partial charge in [0.1, 0.15) is 17.3 Å². The highest BCUT2D eigenvalue weighted by Crippen LogP contribution is 2.36. The fourth-order valence-electron chi connectivity index (χ4n) is 2.71. The predicted molar refractivity (Wildman–Crippen MR) is 73.4 cm³/mol. The molecule has 104 valence electrons. The van der Waals surface area contributed by atoms with E-state index in [9.17, 15) is 4.79 Å². The molecule has 1 aromatic carbocycles. The fourth-order valence-corrected chi connectivity index (χ4v) is 2.71. The number of methoxy groups -OCH3 is 2. The van der Waals surface area contributed by atoms with E-state index in [2.05, 4.69) is 0 Å². The molecular weight excluding hydrogens is 242 g/mol. The van der Waals surface area contributed by atoms with Gasteiger partial charge in [0.25, 0.3) is 0 Å². The second kappa shape index (κ2) is 6.06. The molecule has 0 unspecified atom stereocenters. The molecule has 1 fully saturated rings. The van der Waals surface area contributed by atoms with Crippen LogP contribution < -0.4 is 15.2 Å². The summed E-state index contributed by atoms with van der Waals surface area (Å²) in [6.45, 7) is 0. The minimum atomic E-state index is -0.321. The van der Waals surface area contributed by atoms with Gasteiger partial charge in [-0.1, -0.05) is 6.42 Å². The first-order chi connectivity index (χ1) is 9.17. The van der Waals surface area contributed by atoms with Gasteiger partial charge in [-0.25, -0.2) is 0 Å². The van der Waals surface area contributed by atoms with E-state index < -0.39 is 0 Å². The highest BCUT2D eigenvalue weighted by atomic mass is 16.5. The van der Waals surface area contributed by atoms with Crippen LogP contribution in [0.4, 0.5) is 0 Å². The molecule has 0 heterocycles. The predicted octanol–water partition coefficient (Wildman–Crippen LogP) is 2.46. The molecule has 0 spiro atoms. The number of Topliss-reactive ketones (excluding diaryl/α,β-unsaturated/α-hetero) is 1. The maximum atomic E-state index is 12.0. The third kappa shape index (κ3) is 2.89. The monoisotopic (exact) mass is 263 g/mol. The Kier molecular flexibility index (Phi) is 4.43. The van der Waals surface area contributed by atoms with Gasteiger partial charge in [-0.15, -0.1) is 0 Å². The number of ketones is 1. The summed E-state index contributed by atoms with van der Waals surface area (Å²) >= 11 is 0. The van der Waals surface area contributed by atoms with Crippen LogP contribution in [0, 0.1) is 5.92 Å². The third-order valence-electron chi connectivity index (χ3n) is 3.83. The van der Waals surface area contributed by atoms with Crippen LogP contribution in [0.2, 0.25) is 0 Å². The Balaban J connectivity index is 2.30. The van der Waals surface area contributed by atoms with Gasteiger partial charge in [-0.2, -0.15) is 0 Å². The number of hydrogen-bond donors (Lipinski definition) is 1. The summed E-state index contributed by atoms with van der Waals surface area (Å²) < 4.78 is 10.6. The van der Waals surface area contributed by atoms with Crippen LogP contribution in [0.1, 0.15) is 37.3 Å². The lowest BCUT2D eigenvalue weighted by molar-refractivity contribution is -0.125. The van der Waals surface area contributed by atoms with E-state index in [1.165, 1.54) is 0 Å². The molecule has 0 aromatic heterocycles. The highest BCUT2D eigenvalue weighted by molar-refractivity contribution is 5.82. The zero-order valence-electron chi connectivity index (χ0n) is 11.5. The SMILES string of the molecule is COc1ccc(OC)c([C@@H](N)[C@H]2CCCCC2=O)c1. The number of carbonyl (C=O) groups excluding carboxylic acids is 1. The molecule has 1 aliphatic rings. The van der Waals surface area contributed by atoms with Crippen LogP contribution >= 0.6 is 0 Å². The first-order valence-corrected chi connectivity index (χ1v) is 6.67. The molecule has 0 saturated heterocycles. The van der Waals surface area contributed by atoms with Gasteiger partial charge in [0.05, 0.1) is 14.2 Å². The van der Waals surface area contributed by atoms with E-state index in [-0.39, 0.29) is 17.7 Å². The second-order valence-corrected chi connectivity index (χ2v) is 4.95. The van der Waals surface area contributed by atoms with Crippen molar-refractivity contribution >= 4 is 5.78 Å². The van der Waals surface area contributed by atoms with Crippen molar-refractivity contribution in [2.45, 2.75) is 31.7 Å². The largest absolute Gasteiger partial charge is 0.497 e. The zero-order valence-corrected chi connectivity index (χ0v) is 11.5. The molecule has 1 aromatic rings. The minimum Gasteiger partial charge on any atom is -0.497 e. The molecule has 4 nitrogen and oxygen atoms in total. The summed E-state index contributed by atoms with van der Waals surface area (Å²) in [5.74, 6) is 1.61. The first kappa shape index (κ1) is 13.9. The fraction of sp³-hybridized carbons (Fsp3) is 0.533. The zero-order chi connectivity index (χ0) is 13.8. The summed E-state index contributed by atoms with van der Waals surface area (Å²) in [5.41, 5.74) is 7.15. The number of ether oxygens (including phenoxy) is 2. The van der Waals surface area contributed by atoms with E-state index in [0.717, 1.165) is 30.6 Å². The van der Waals surface area contributed by atoms with Crippen molar-refractivity contribution < 1.29 is 14.3 Å². The van der Waals surface area contributed by atoms with Gasteiger partial charge in [-0.3, -0.25) is 4.79 Å².